The van der Waals surface area contributed by atoms with Crippen molar-refractivity contribution in [1.82, 2.24) is 10.2 Å². The summed E-state index contributed by atoms with van der Waals surface area (Å²) >= 11 is 1.49. The third-order valence-corrected chi connectivity index (χ3v) is 5.76. The summed E-state index contributed by atoms with van der Waals surface area (Å²) in [7, 11) is 0. The molecule has 2 aromatic carbocycles. The molecule has 2 rings (SSSR count). The van der Waals surface area contributed by atoms with Crippen LogP contribution in [0.25, 0.3) is 0 Å². The van der Waals surface area contributed by atoms with E-state index in [0.717, 1.165) is 10.5 Å². The van der Waals surface area contributed by atoms with Gasteiger partial charge in [0.1, 0.15) is 17.4 Å². The minimum atomic E-state index is -1.36. The van der Waals surface area contributed by atoms with Crippen LogP contribution in [0, 0.1) is 19.4 Å². The molecule has 0 radical (unpaired) electrons. The molecule has 0 aliphatic carbocycles. The van der Waals surface area contributed by atoms with Gasteiger partial charge in [0.2, 0.25) is 0 Å². The fraction of sp³-hybridized carbons (Fsp3) is 0.370. The molecule has 2 aromatic rings. The van der Waals surface area contributed by atoms with E-state index in [2.05, 4.69) is 16.7 Å². The van der Waals surface area contributed by atoms with E-state index in [1.807, 2.05) is 25.3 Å². The summed E-state index contributed by atoms with van der Waals surface area (Å²) in [6.07, 6.45) is 7.11. The number of amides is 3. The van der Waals surface area contributed by atoms with Crippen molar-refractivity contribution in [2.24, 2.45) is 0 Å². The topological polar surface area (TPSA) is 108 Å². The number of thioether (sulfide) groups is 1. The van der Waals surface area contributed by atoms with Crippen LogP contribution < -0.4 is 10.6 Å². The molecule has 3 amide bonds. The molecule has 0 saturated heterocycles. The van der Waals surface area contributed by atoms with Crippen LogP contribution in [0.15, 0.2) is 48.5 Å². The van der Waals surface area contributed by atoms with Gasteiger partial charge in [0.25, 0.3) is 11.8 Å². The lowest BCUT2D eigenvalue weighted by molar-refractivity contribution is -0.136. The molecule has 0 aromatic heterocycles. The number of terminal acetylenes is 1. The average Bonchev–Trinajstić information content (AvgIpc) is 2.80. The van der Waals surface area contributed by atoms with E-state index < -0.39 is 35.6 Å². The number of nitrogens with zero attached hydrogens (tertiary/aromatic N) is 1. The molecular formula is C27H33N3O5S. The molecule has 0 aliphatic rings. The van der Waals surface area contributed by atoms with E-state index >= 15 is 0 Å². The maximum atomic E-state index is 13.7. The number of carbonyl (C=O) groups is 3. The van der Waals surface area contributed by atoms with Crippen molar-refractivity contribution in [2.75, 3.05) is 17.3 Å². The molecule has 192 valence electrons. The Morgan fingerprint density at radius 3 is 2.36 bits per heavy atom. The minimum absolute atomic E-state index is 0.149. The van der Waals surface area contributed by atoms with E-state index in [-0.39, 0.29) is 17.7 Å². The lowest BCUT2D eigenvalue weighted by Crippen LogP contribution is -2.51. The van der Waals surface area contributed by atoms with Gasteiger partial charge in [-0.25, -0.2) is 4.79 Å². The standard InChI is InChI=1S/C27H33N3O5S/c1-7-30(25(33)21(16-17-36-6)29-26(34)35-27(3,4)5)23(19-13-9-11-15-22(19)31)24(32)28-20-14-10-8-12-18(20)2/h1,8-15,21,23,31H,16-17H2,2-6H3,(H,28,32)(H,29,34). The van der Waals surface area contributed by atoms with Crippen LogP contribution in [-0.2, 0) is 14.3 Å². The number of phenols is 1. The first kappa shape index (κ1) is 28.6. The molecule has 0 aliphatic heterocycles. The quantitative estimate of drug-likeness (QED) is 0.339. The predicted octanol–water partition coefficient (Wildman–Crippen LogP) is 4.45. The van der Waals surface area contributed by atoms with Crippen molar-refractivity contribution < 1.29 is 24.2 Å². The third kappa shape index (κ3) is 7.95. The Balaban J connectivity index is 2.46. The van der Waals surface area contributed by atoms with Gasteiger partial charge in [-0.1, -0.05) is 42.8 Å². The monoisotopic (exact) mass is 511 g/mol. The molecule has 0 heterocycles. The van der Waals surface area contributed by atoms with Gasteiger partial charge in [-0.2, -0.15) is 11.8 Å². The molecular weight excluding hydrogens is 478 g/mol. The smallest absolute Gasteiger partial charge is 0.408 e. The first-order valence-corrected chi connectivity index (χ1v) is 12.8. The Bertz CT molecular complexity index is 1120. The van der Waals surface area contributed by atoms with Crippen LogP contribution >= 0.6 is 11.8 Å². The number of nitrogens with one attached hydrogen (secondary N) is 2. The highest BCUT2D eigenvalue weighted by Gasteiger charge is 2.37. The number of carbonyl (C=O) groups excluding carboxylic acids is 3. The number of para-hydroxylation sites is 2. The van der Waals surface area contributed by atoms with Gasteiger partial charge in [-0.15, -0.1) is 0 Å². The molecule has 0 bridgehead atoms. The van der Waals surface area contributed by atoms with Crippen molar-refractivity contribution >= 4 is 35.4 Å². The minimum Gasteiger partial charge on any atom is -0.508 e. The fourth-order valence-electron chi connectivity index (χ4n) is 3.41. The molecule has 0 spiro atoms. The highest BCUT2D eigenvalue weighted by Crippen LogP contribution is 2.31. The number of phenolic OH excluding ortho intramolecular Hbond substituents is 1. The molecule has 2 atom stereocenters. The summed E-state index contributed by atoms with van der Waals surface area (Å²) in [6.45, 7) is 6.97. The lowest BCUT2D eigenvalue weighted by atomic mass is 10.0. The van der Waals surface area contributed by atoms with Gasteiger partial charge in [-0.3, -0.25) is 14.5 Å². The summed E-state index contributed by atoms with van der Waals surface area (Å²) < 4.78 is 5.32. The zero-order valence-electron chi connectivity index (χ0n) is 21.2. The van der Waals surface area contributed by atoms with Crippen LogP contribution in [0.3, 0.4) is 0 Å². The average molecular weight is 512 g/mol. The van der Waals surface area contributed by atoms with Gasteiger partial charge >= 0.3 is 6.09 Å². The molecule has 8 nitrogen and oxygen atoms in total. The number of aromatic hydroxyl groups is 1. The SMILES string of the molecule is C#CN(C(=O)C(CCSC)NC(=O)OC(C)(C)C)C(C(=O)Nc1ccccc1C)c1ccccc1O. The molecule has 9 heteroatoms. The van der Waals surface area contributed by atoms with E-state index in [4.69, 9.17) is 11.2 Å². The summed E-state index contributed by atoms with van der Waals surface area (Å²) in [5.74, 6) is -0.943. The number of hydrogen-bond donors (Lipinski definition) is 3. The van der Waals surface area contributed by atoms with Crippen molar-refractivity contribution in [3.63, 3.8) is 0 Å². The predicted molar refractivity (Wildman–Crippen MR) is 142 cm³/mol. The number of ether oxygens (including phenoxy) is 1. The molecule has 2 unspecified atom stereocenters. The summed E-state index contributed by atoms with van der Waals surface area (Å²) in [5.41, 5.74) is 0.730. The normalized spacial score (nSPS) is 12.6. The molecule has 3 N–H and O–H groups in total. The third-order valence-electron chi connectivity index (χ3n) is 5.12. The van der Waals surface area contributed by atoms with Crippen molar-refractivity contribution in [1.29, 1.82) is 0 Å². The van der Waals surface area contributed by atoms with Gasteiger partial charge < -0.3 is 20.5 Å². The maximum Gasteiger partial charge on any atom is 0.408 e. The second-order valence-electron chi connectivity index (χ2n) is 9.08. The number of anilines is 1. The van der Waals surface area contributed by atoms with Crippen molar-refractivity contribution in [3.05, 3.63) is 59.7 Å². The van der Waals surface area contributed by atoms with Crippen molar-refractivity contribution in [3.8, 4) is 18.2 Å². The number of aryl methyl sites for hydroxylation is 1. The van der Waals surface area contributed by atoms with E-state index in [1.165, 1.54) is 23.9 Å². The number of rotatable bonds is 9. The van der Waals surface area contributed by atoms with E-state index in [9.17, 15) is 19.5 Å². The molecule has 0 saturated carbocycles. The zero-order valence-corrected chi connectivity index (χ0v) is 22.0. The number of benzene rings is 2. The van der Waals surface area contributed by atoms with Crippen LogP contribution in [0.1, 0.15) is 44.4 Å². The largest absolute Gasteiger partial charge is 0.508 e. The van der Waals surface area contributed by atoms with Gasteiger partial charge in [0.05, 0.1) is 0 Å². The number of hydrogen-bond acceptors (Lipinski definition) is 6. The summed E-state index contributed by atoms with van der Waals surface area (Å²) in [5, 5.41) is 15.9. The maximum absolute atomic E-state index is 13.7. The summed E-state index contributed by atoms with van der Waals surface area (Å²) in [4.78, 5) is 40.6. The first-order chi connectivity index (χ1) is 17.0. The highest BCUT2D eigenvalue weighted by atomic mass is 32.2. The van der Waals surface area contributed by atoms with Crippen LogP contribution in [0.2, 0.25) is 0 Å². The Morgan fingerprint density at radius 1 is 1.14 bits per heavy atom. The fourth-order valence-corrected chi connectivity index (χ4v) is 3.88. The summed E-state index contributed by atoms with van der Waals surface area (Å²) in [6, 6.07) is 13.2. The Hall–Kier alpha value is -3.64. The second-order valence-corrected chi connectivity index (χ2v) is 10.1. The van der Waals surface area contributed by atoms with Gasteiger partial charge in [0, 0.05) is 17.3 Å². The second kappa shape index (κ2) is 12.9. The molecule has 0 fully saturated rings. The molecule has 36 heavy (non-hydrogen) atoms. The van der Waals surface area contributed by atoms with Crippen LogP contribution in [0.4, 0.5) is 10.5 Å². The number of alkyl carbamates (subject to hydrolysis) is 1. The van der Waals surface area contributed by atoms with Crippen LogP contribution in [-0.4, -0.2) is 51.6 Å². The first-order valence-electron chi connectivity index (χ1n) is 11.4. The van der Waals surface area contributed by atoms with Crippen molar-refractivity contribution in [2.45, 2.75) is 51.8 Å². The van der Waals surface area contributed by atoms with E-state index in [1.54, 1.807) is 45.0 Å². The van der Waals surface area contributed by atoms with Crippen LogP contribution in [0.5, 0.6) is 5.75 Å². The lowest BCUT2D eigenvalue weighted by Gasteiger charge is -2.30. The Labute approximate surface area is 216 Å². The van der Waals surface area contributed by atoms with E-state index in [0.29, 0.717) is 11.4 Å². The zero-order chi connectivity index (χ0) is 26.9. The highest BCUT2D eigenvalue weighted by molar-refractivity contribution is 7.98. The Morgan fingerprint density at radius 2 is 1.78 bits per heavy atom. The van der Waals surface area contributed by atoms with Gasteiger partial charge in [0.15, 0.2) is 6.04 Å². The van der Waals surface area contributed by atoms with Gasteiger partial charge in [-0.05, 0) is 63.8 Å². The Kier molecular flexibility index (Phi) is 10.2.